The summed E-state index contributed by atoms with van der Waals surface area (Å²) in [6.07, 6.45) is 2.22. The third kappa shape index (κ3) is 5.20. The van der Waals surface area contributed by atoms with Crippen LogP contribution in [0.2, 0.25) is 0 Å². The lowest BCUT2D eigenvalue weighted by Gasteiger charge is -2.14. The van der Waals surface area contributed by atoms with Crippen LogP contribution in [0.4, 0.5) is 8.78 Å². The molecule has 0 bridgehead atoms. The fraction of sp³-hybridized carbons (Fsp3) is 0.250. The number of hydrogen-bond donors (Lipinski definition) is 1. The lowest BCUT2D eigenvalue weighted by atomic mass is 10.0. The van der Waals surface area contributed by atoms with E-state index in [-0.39, 0.29) is 24.8 Å². The Morgan fingerprint density at radius 2 is 1.93 bits per heavy atom. The van der Waals surface area contributed by atoms with Gasteiger partial charge in [-0.15, -0.1) is 6.58 Å². The Bertz CT molecular complexity index is 824. The normalized spacial score (nSPS) is 10.2. The van der Waals surface area contributed by atoms with E-state index < -0.39 is 11.6 Å². The van der Waals surface area contributed by atoms with Gasteiger partial charge in [0.2, 0.25) is 0 Å². The SMILES string of the molecule is C=CCc1cc(C(=O)NCCOc2ccc(F)c(F)c2)cc(OC)c1OC. The number of nitrogens with one attached hydrogen (secondary N) is 1. The fourth-order valence-electron chi connectivity index (χ4n) is 2.48. The van der Waals surface area contributed by atoms with Crippen molar-refractivity contribution in [3.05, 3.63) is 65.7 Å². The van der Waals surface area contributed by atoms with Gasteiger partial charge in [0.25, 0.3) is 5.91 Å². The summed E-state index contributed by atoms with van der Waals surface area (Å²) in [5, 5.41) is 2.70. The van der Waals surface area contributed by atoms with Gasteiger partial charge in [-0.2, -0.15) is 0 Å². The molecule has 2 aromatic rings. The average Bonchev–Trinajstić information content (AvgIpc) is 2.67. The average molecular weight is 377 g/mol. The molecule has 0 aliphatic heterocycles. The number of benzene rings is 2. The van der Waals surface area contributed by atoms with E-state index >= 15 is 0 Å². The summed E-state index contributed by atoms with van der Waals surface area (Å²) in [5.41, 5.74) is 1.17. The predicted molar refractivity (Wildman–Crippen MR) is 97.6 cm³/mol. The molecule has 0 aliphatic carbocycles. The first-order valence-electron chi connectivity index (χ1n) is 8.22. The molecule has 0 unspecified atom stereocenters. The number of halogens is 2. The van der Waals surface area contributed by atoms with Crippen molar-refractivity contribution in [3.63, 3.8) is 0 Å². The molecule has 144 valence electrons. The van der Waals surface area contributed by atoms with Crippen molar-refractivity contribution in [3.8, 4) is 17.2 Å². The molecule has 7 heteroatoms. The van der Waals surface area contributed by atoms with Gasteiger partial charge in [0.1, 0.15) is 12.4 Å². The molecule has 1 N–H and O–H groups in total. The van der Waals surface area contributed by atoms with Crippen LogP contribution in [0.3, 0.4) is 0 Å². The predicted octanol–water partition coefficient (Wildman–Crippen LogP) is 3.52. The maximum Gasteiger partial charge on any atom is 0.251 e. The highest BCUT2D eigenvalue weighted by molar-refractivity contribution is 5.95. The molecular formula is C20H21F2NO4. The largest absolute Gasteiger partial charge is 0.493 e. The van der Waals surface area contributed by atoms with Crippen LogP contribution in [0.25, 0.3) is 0 Å². The highest BCUT2D eigenvalue weighted by atomic mass is 19.2. The number of amides is 1. The first kappa shape index (κ1) is 20.2. The molecule has 0 saturated carbocycles. The van der Waals surface area contributed by atoms with Gasteiger partial charge in [0, 0.05) is 17.2 Å². The second kappa shape index (κ2) is 9.56. The van der Waals surface area contributed by atoms with Crippen LogP contribution >= 0.6 is 0 Å². The van der Waals surface area contributed by atoms with Gasteiger partial charge in [-0.05, 0) is 30.7 Å². The Hall–Kier alpha value is -3.09. The third-order valence-electron chi connectivity index (χ3n) is 3.73. The Labute approximate surface area is 156 Å². The molecule has 27 heavy (non-hydrogen) atoms. The van der Waals surface area contributed by atoms with Crippen molar-refractivity contribution in [1.29, 1.82) is 0 Å². The van der Waals surface area contributed by atoms with Crippen molar-refractivity contribution in [2.24, 2.45) is 0 Å². The topological polar surface area (TPSA) is 56.8 Å². The molecule has 0 atom stereocenters. The van der Waals surface area contributed by atoms with Gasteiger partial charge in [0.05, 0.1) is 20.8 Å². The molecule has 0 radical (unpaired) electrons. The summed E-state index contributed by atoms with van der Waals surface area (Å²) in [6.45, 7) is 3.98. The van der Waals surface area contributed by atoms with Crippen LogP contribution in [0.1, 0.15) is 15.9 Å². The molecule has 0 aromatic heterocycles. The third-order valence-corrected chi connectivity index (χ3v) is 3.73. The molecule has 0 aliphatic rings. The molecule has 1 amide bonds. The monoisotopic (exact) mass is 377 g/mol. The van der Waals surface area contributed by atoms with E-state index in [1.807, 2.05) is 0 Å². The highest BCUT2D eigenvalue weighted by Gasteiger charge is 2.15. The van der Waals surface area contributed by atoms with Crippen molar-refractivity contribution in [2.75, 3.05) is 27.4 Å². The van der Waals surface area contributed by atoms with Crippen LogP contribution in [0.15, 0.2) is 43.0 Å². The van der Waals surface area contributed by atoms with Crippen molar-refractivity contribution < 1.29 is 27.8 Å². The molecule has 0 spiro atoms. The quantitative estimate of drug-likeness (QED) is 0.537. The second-order valence-corrected chi connectivity index (χ2v) is 5.54. The number of hydrogen-bond acceptors (Lipinski definition) is 4. The number of rotatable bonds is 9. The minimum Gasteiger partial charge on any atom is -0.493 e. The van der Waals surface area contributed by atoms with Crippen LogP contribution < -0.4 is 19.5 Å². The molecule has 5 nitrogen and oxygen atoms in total. The van der Waals surface area contributed by atoms with Gasteiger partial charge >= 0.3 is 0 Å². The summed E-state index contributed by atoms with van der Waals surface area (Å²) in [5.74, 6) is -1.08. The van der Waals surface area contributed by atoms with Crippen molar-refractivity contribution >= 4 is 5.91 Å². The number of methoxy groups -OCH3 is 2. The van der Waals surface area contributed by atoms with E-state index in [2.05, 4.69) is 11.9 Å². The van der Waals surface area contributed by atoms with E-state index in [0.29, 0.717) is 23.5 Å². The molecule has 2 aromatic carbocycles. The van der Waals surface area contributed by atoms with Gasteiger partial charge in [-0.25, -0.2) is 8.78 Å². The van der Waals surface area contributed by atoms with Gasteiger partial charge < -0.3 is 19.5 Å². The van der Waals surface area contributed by atoms with E-state index in [1.54, 1.807) is 18.2 Å². The Morgan fingerprint density at radius 3 is 2.56 bits per heavy atom. The molecular weight excluding hydrogens is 356 g/mol. The lowest BCUT2D eigenvalue weighted by Crippen LogP contribution is -2.28. The number of carbonyl (C=O) groups is 1. The van der Waals surface area contributed by atoms with Gasteiger partial charge in [-0.1, -0.05) is 6.08 Å². The summed E-state index contributed by atoms with van der Waals surface area (Å²) in [4.78, 5) is 12.4. The maximum atomic E-state index is 13.1. The lowest BCUT2D eigenvalue weighted by molar-refractivity contribution is 0.0946. The first-order valence-corrected chi connectivity index (χ1v) is 8.22. The smallest absolute Gasteiger partial charge is 0.251 e. The van der Waals surface area contributed by atoms with Crippen LogP contribution in [0, 0.1) is 11.6 Å². The van der Waals surface area contributed by atoms with Crippen LogP contribution in [-0.4, -0.2) is 33.3 Å². The van der Waals surface area contributed by atoms with E-state index in [4.69, 9.17) is 14.2 Å². The Morgan fingerprint density at radius 1 is 1.15 bits per heavy atom. The van der Waals surface area contributed by atoms with Gasteiger partial charge in [0.15, 0.2) is 23.1 Å². The minimum absolute atomic E-state index is 0.101. The molecule has 0 heterocycles. The van der Waals surface area contributed by atoms with E-state index in [1.165, 1.54) is 20.3 Å². The van der Waals surface area contributed by atoms with Crippen molar-refractivity contribution in [2.45, 2.75) is 6.42 Å². The summed E-state index contributed by atoms with van der Waals surface area (Å²) in [6, 6.07) is 6.53. The summed E-state index contributed by atoms with van der Waals surface area (Å²) < 4.78 is 41.9. The zero-order valence-corrected chi connectivity index (χ0v) is 15.2. The van der Waals surface area contributed by atoms with Gasteiger partial charge in [-0.3, -0.25) is 4.79 Å². The summed E-state index contributed by atoms with van der Waals surface area (Å²) >= 11 is 0. The Balaban J connectivity index is 1.99. The van der Waals surface area contributed by atoms with Crippen LogP contribution in [0.5, 0.6) is 17.2 Å². The van der Waals surface area contributed by atoms with E-state index in [9.17, 15) is 13.6 Å². The van der Waals surface area contributed by atoms with Crippen LogP contribution in [-0.2, 0) is 6.42 Å². The zero-order chi connectivity index (χ0) is 19.8. The Kier molecular flexibility index (Phi) is 7.16. The first-order chi connectivity index (χ1) is 13.0. The molecule has 0 fully saturated rings. The second-order valence-electron chi connectivity index (χ2n) is 5.54. The molecule has 2 rings (SSSR count). The summed E-state index contributed by atoms with van der Waals surface area (Å²) in [7, 11) is 3.02. The highest BCUT2D eigenvalue weighted by Crippen LogP contribution is 2.33. The van der Waals surface area contributed by atoms with E-state index in [0.717, 1.165) is 17.7 Å². The fourth-order valence-corrected chi connectivity index (χ4v) is 2.48. The maximum absolute atomic E-state index is 13.1. The number of carbonyl (C=O) groups excluding carboxylic acids is 1. The zero-order valence-electron chi connectivity index (χ0n) is 15.2. The minimum atomic E-state index is -0.989. The molecule has 0 saturated heterocycles. The number of ether oxygens (including phenoxy) is 3. The standard InChI is InChI=1S/C20H21F2NO4/c1-4-5-13-10-14(11-18(25-2)19(13)26-3)20(24)23-8-9-27-15-6-7-16(21)17(22)12-15/h4,6-7,10-12H,1,5,8-9H2,2-3H3,(H,23,24). The van der Waals surface area contributed by atoms with Crippen molar-refractivity contribution in [1.82, 2.24) is 5.32 Å². The number of allylic oxidation sites excluding steroid dienone is 1.